The van der Waals surface area contributed by atoms with E-state index in [2.05, 4.69) is 53.7 Å². The number of amides is 1. The molecule has 0 atom stereocenters. The van der Waals surface area contributed by atoms with E-state index in [9.17, 15) is 4.79 Å². The van der Waals surface area contributed by atoms with Crippen LogP contribution in [0.25, 0.3) is 0 Å². The molecule has 26 heavy (non-hydrogen) atoms. The summed E-state index contributed by atoms with van der Waals surface area (Å²) in [5, 5.41) is 15.5. The standard InChI is InChI=1S/C19H26N4OS2/c1-12-4-7-15(8-5-12)20-17(24)11-25-19-23-22-18(26-19)21-16-9-6-13(2)14(3)10-16/h6,9-10,12,15H,4-5,7-8,11H2,1-3H3,(H,20,24)(H,21,22). The zero-order valence-electron chi connectivity index (χ0n) is 15.5. The average molecular weight is 391 g/mol. The van der Waals surface area contributed by atoms with Gasteiger partial charge >= 0.3 is 0 Å². The summed E-state index contributed by atoms with van der Waals surface area (Å²) in [5.41, 5.74) is 3.51. The van der Waals surface area contributed by atoms with Gasteiger partial charge in [0.1, 0.15) is 0 Å². The Balaban J connectivity index is 1.46. The van der Waals surface area contributed by atoms with Crippen molar-refractivity contribution in [3.05, 3.63) is 29.3 Å². The van der Waals surface area contributed by atoms with Crippen LogP contribution in [0, 0.1) is 19.8 Å². The number of nitrogens with one attached hydrogen (secondary N) is 2. The fraction of sp³-hybridized carbons (Fsp3) is 0.526. The normalized spacial score (nSPS) is 20.0. The monoisotopic (exact) mass is 390 g/mol. The Morgan fingerprint density at radius 1 is 1.19 bits per heavy atom. The first-order chi connectivity index (χ1) is 12.5. The fourth-order valence-electron chi connectivity index (χ4n) is 3.06. The molecule has 0 bridgehead atoms. The van der Waals surface area contributed by atoms with Gasteiger partial charge in [0, 0.05) is 11.7 Å². The zero-order valence-corrected chi connectivity index (χ0v) is 17.2. The van der Waals surface area contributed by atoms with Crippen LogP contribution in [0.4, 0.5) is 10.8 Å². The van der Waals surface area contributed by atoms with Crippen LogP contribution in [-0.2, 0) is 4.79 Å². The summed E-state index contributed by atoms with van der Waals surface area (Å²) in [6, 6.07) is 6.57. The van der Waals surface area contributed by atoms with Crippen LogP contribution >= 0.6 is 23.1 Å². The van der Waals surface area contributed by atoms with Crippen molar-refractivity contribution in [3.63, 3.8) is 0 Å². The van der Waals surface area contributed by atoms with Crippen molar-refractivity contribution in [2.24, 2.45) is 5.92 Å². The molecule has 0 spiro atoms. The van der Waals surface area contributed by atoms with Crippen LogP contribution in [0.2, 0.25) is 0 Å². The van der Waals surface area contributed by atoms with Gasteiger partial charge in [-0.3, -0.25) is 4.79 Å². The van der Waals surface area contributed by atoms with Crippen molar-refractivity contribution >= 4 is 39.8 Å². The number of aryl methyl sites for hydroxylation is 2. The summed E-state index contributed by atoms with van der Waals surface area (Å²) in [5.74, 6) is 1.28. The largest absolute Gasteiger partial charge is 0.353 e. The minimum atomic E-state index is 0.0911. The smallest absolute Gasteiger partial charge is 0.230 e. The molecule has 1 saturated carbocycles. The van der Waals surface area contributed by atoms with E-state index < -0.39 is 0 Å². The predicted octanol–water partition coefficient (Wildman–Crippen LogP) is 4.69. The van der Waals surface area contributed by atoms with E-state index >= 15 is 0 Å². The molecule has 5 nitrogen and oxygen atoms in total. The second-order valence-electron chi connectivity index (χ2n) is 7.11. The van der Waals surface area contributed by atoms with Crippen LogP contribution in [0.5, 0.6) is 0 Å². The molecular formula is C19H26N4OS2. The lowest BCUT2D eigenvalue weighted by molar-refractivity contribution is -0.119. The molecule has 1 fully saturated rings. The molecule has 1 aromatic heterocycles. The lowest BCUT2D eigenvalue weighted by Crippen LogP contribution is -2.38. The fourth-order valence-corrected chi connectivity index (χ4v) is 4.65. The molecule has 2 aromatic rings. The number of aromatic nitrogens is 2. The van der Waals surface area contributed by atoms with E-state index in [4.69, 9.17) is 0 Å². The summed E-state index contributed by atoms with van der Waals surface area (Å²) < 4.78 is 0.809. The van der Waals surface area contributed by atoms with Crippen LogP contribution < -0.4 is 10.6 Å². The first kappa shape index (κ1) is 19.2. The van der Waals surface area contributed by atoms with Crippen molar-refractivity contribution in [1.82, 2.24) is 15.5 Å². The van der Waals surface area contributed by atoms with Crippen molar-refractivity contribution in [2.45, 2.75) is 56.8 Å². The first-order valence-corrected chi connectivity index (χ1v) is 10.9. The number of hydrogen-bond donors (Lipinski definition) is 2. The number of carbonyl (C=O) groups is 1. The second kappa shape index (κ2) is 8.86. The topological polar surface area (TPSA) is 66.9 Å². The molecule has 0 radical (unpaired) electrons. The molecule has 140 valence electrons. The van der Waals surface area contributed by atoms with Crippen molar-refractivity contribution < 1.29 is 4.79 Å². The highest BCUT2D eigenvalue weighted by atomic mass is 32.2. The summed E-state index contributed by atoms with van der Waals surface area (Å²) in [7, 11) is 0. The zero-order chi connectivity index (χ0) is 18.5. The Morgan fingerprint density at radius 3 is 2.69 bits per heavy atom. The van der Waals surface area contributed by atoms with Gasteiger partial charge in [-0.25, -0.2) is 0 Å². The van der Waals surface area contributed by atoms with Gasteiger partial charge < -0.3 is 10.6 Å². The van der Waals surface area contributed by atoms with E-state index in [0.29, 0.717) is 11.8 Å². The average Bonchev–Trinajstić information content (AvgIpc) is 3.06. The van der Waals surface area contributed by atoms with E-state index in [-0.39, 0.29) is 5.91 Å². The molecule has 3 rings (SSSR count). The Bertz CT molecular complexity index is 754. The number of thioether (sulfide) groups is 1. The number of benzene rings is 1. The minimum absolute atomic E-state index is 0.0911. The molecular weight excluding hydrogens is 364 g/mol. The lowest BCUT2D eigenvalue weighted by atomic mass is 9.87. The predicted molar refractivity (Wildman–Crippen MR) is 109 cm³/mol. The van der Waals surface area contributed by atoms with Gasteiger partial charge in [0.25, 0.3) is 0 Å². The molecule has 1 aromatic carbocycles. The SMILES string of the molecule is Cc1ccc(Nc2nnc(SCC(=O)NC3CCC(C)CC3)s2)cc1C. The van der Waals surface area contributed by atoms with Gasteiger partial charge in [0.05, 0.1) is 5.75 Å². The molecule has 0 saturated heterocycles. The number of rotatable bonds is 6. The molecule has 2 N–H and O–H groups in total. The lowest BCUT2D eigenvalue weighted by Gasteiger charge is -2.26. The van der Waals surface area contributed by atoms with Gasteiger partial charge in [-0.05, 0) is 68.7 Å². The minimum Gasteiger partial charge on any atom is -0.353 e. The van der Waals surface area contributed by atoms with Crippen LogP contribution in [0.1, 0.15) is 43.7 Å². The highest BCUT2D eigenvalue weighted by molar-refractivity contribution is 8.01. The Hall–Kier alpha value is -1.60. The summed E-state index contributed by atoms with van der Waals surface area (Å²) in [6.07, 6.45) is 4.62. The second-order valence-corrected chi connectivity index (χ2v) is 9.31. The summed E-state index contributed by atoms with van der Waals surface area (Å²) in [4.78, 5) is 12.1. The Morgan fingerprint density at radius 2 is 1.96 bits per heavy atom. The molecule has 0 unspecified atom stereocenters. The number of anilines is 2. The van der Waals surface area contributed by atoms with Gasteiger partial charge in [-0.1, -0.05) is 36.1 Å². The van der Waals surface area contributed by atoms with E-state index in [1.807, 2.05) is 6.07 Å². The Labute approximate surface area is 163 Å². The maximum atomic E-state index is 12.1. The summed E-state index contributed by atoms with van der Waals surface area (Å²) in [6.45, 7) is 6.47. The number of hydrogen-bond acceptors (Lipinski definition) is 6. The molecule has 1 aliphatic rings. The van der Waals surface area contributed by atoms with E-state index in [1.54, 1.807) is 0 Å². The molecule has 1 aliphatic carbocycles. The van der Waals surface area contributed by atoms with Crippen LogP contribution in [-0.4, -0.2) is 27.9 Å². The quantitative estimate of drug-likeness (QED) is 0.701. The molecule has 1 heterocycles. The van der Waals surface area contributed by atoms with Gasteiger partial charge in [-0.2, -0.15) is 0 Å². The van der Waals surface area contributed by atoms with Crippen molar-refractivity contribution in [2.75, 3.05) is 11.1 Å². The van der Waals surface area contributed by atoms with E-state index in [0.717, 1.165) is 33.9 Å². The summed E-state index contributed by atoms with van der Waals surface area (Å²) >= 11 is 2.92. The maximum Gasteiger partial charge on any atom is 0.230 e. The molecule has 0 aliphatic heterocycles. The van der Waals surface area contributed by atoms with Crippen LogP contribution in [0.15, 0.2) is 22.5 Å². The first-order valence-electron chi connectivity index (χ1n) is 9.09. The maximum absolute atomic E-state index is 12.1. The number of nitrogens with zero attached hydrogens (tertiary/aromatic N) is 2. The van der Waals surface area contributed by atoms with Crippen LogP contribution in [0.3, 0.4) is 0 Å². The van der Waals surface area contributed by atoms with Crippen molar-refractivity contribution in [3.8, 4) is 0 Å². The third kappa shape index (κ3) is 5.45. The highest BCUT2D eigenvalue weighted by Gasteiger charge is 2.20. The van der Waals surface area contributed by atoms with Gasteiger partial charge in [0.2, 0.25) is 11.0 Å². The third-order valence-corrected chi connectivity index (χ3v) is 6.84. The van der Waals surface area contributed by atoms with Crippen molar-refractivity contribution in [1.29, 1.82) is 0 Å². The van der Waals surface area contributed by atoms with Gasteiger partial charge in [-0.15, -0.1) is 10.2 Å². The Kier molecular flexibility index (Phi) is 6.53. The highest BCUT2D eigenvalue weighted by Crippen LogP contribution is 2.28. The third-order valence-electron chi connectivity index (χ3n) is 4.87. The number of carbonyl (C=O) groups excluding carboxylic acids is 1. The van der Waals surface area contributed by atoms with Gasteiger partial charge in [0.15, 0.2) is 4.34 Å². The molecule has 1 amide bonds. The van der Waals surface area contributed by atoms with E-state index in [1.165, 1.54) is 47.1 Å². The molecule has 7 heteroatoms.